The summed E-state index contributed by atoms with van der Waals surface area (Å²) in [6.07, 6.45) is 1.43. The smallest absolute Gasteiger partial charge is 0.269 e. The van der Waals surface area contributed by atoms with E-state index in [9.17, 15) is 13.2 Å². The molecule has 0 saturated carbocycles. The molecule has 0 bridgehead atoms. The van der Waals surface area contributed by atoms with Gasteiger partial charge in [0, 0.05) is 25.2 Å². The number of sulfonamides is 1. The summed E-state index contributed by atoms with van der Waals surface area (Å²) >= 11 is 0. The summed E-state index contributed by atoms with van der Waals surface area (Å²) in [7, 11) is -3.45. The number of carbonyl (C=O) groups excluding carboxylic acids is 1. The predicted octanol–water partition coefficient (Wildman–Crippen LogP) is 2.91. The van der Waals surface area contributed by atoms with Gasteiger partial charge in [-0.15, -0.1) is 0 Å². The molecular formula is C22H24N4O3S. The van der Waals surface area contributed by atoms with E-state index in [1.54, 1.807) is 36.4 Å². The van der Waals surface area contributed by atoms with Gasteiger partial charge < -0.3 is 5.32 Å². The van der Waals surface area contributed by atoms with Crippen molar-refractivity contribution in [3.05, 3.63) is 72.4 Å². The average Bonchev–Trinajstić information content (AvgIpc) is 3.29. The SMILES string of the molecule is O=C(NCC1CCN(S(=O)(=O)c2ccccc2)CC1)c1cc(-c2ccccc2)n[nH]1. The van der Waals surface area contributed by atoms with E-state index in [0.29, 0.717) is 43.1 Å². The molecule has 0 spiro atoms. The van der Waals surface area contributed by atoms with Gasteiger partial charge in [0.05, 0.1) is 10.6 Å². The number of benzene rings is 2. The number of aromatic nitrogens is 2. The maximum absolute atomic E-state index is 12.7. The standard InChI is InChI=1S/C22H24N4O3S/c27-22(21-15-20(24-25-21)18-7-3-1-4-8-18)23-16-17-11-13-26(14-12-17)30(28,29)19-9-5-2-6-10-19/h1-10,15,17H,11-14,16H2,(H,23,27)(H,24,25). The van der Waals surface area contributed by atoms with Crippen LogP contribution in [0.2, 0.25) is 0 Å². The molecule has 1 amide bonds. The highest BCUT2D eigenvalue weighted by Gasteiger charge is 2.29. The fraction of sp³-hybridized carbons (Fsp3) is 0.273. The van der Waals surface area contributed by atoms with E-state index in [1.165, 1.54) is 4.31 Å². The third-order valence-corrected chi connectivity index (χ3v) is 7.31. The number of nitrogens with zero attached hydrogens (tertiary/aromatic N) is 2. The van der Waals surface area contributed by atoms with Crippen molar-refractivity contribution in [2.45, 2.75) is 17.7 Å². The molecule has 4 rings (SSSR count). The van der Waals surface area contributed by atoms with Crippen molar-refractivity contribution in [3.63, 3.8) is 0 Å². The van der Waals surface area contributed by atoms with Crippen molar-refractivity contribution in [2.24, 2.45) is 5.92 Å². The molecule has 8 heteroatoms. The molecule has 156 valence electrons. The van der Waals surface area contributed by atoms with Crippen LogP contribution in [0.1, 0.15) is 23.3 Å². The number of amides is 1. The molecule has 2 N–H and O–H groups in total. The molecule has 30 heavy (non-hydrogen) atoms. The lowest BCUT2D eigenvalue weighted by atomic mass is 9.98. The zero-order chi connectivity index (χ0) is 21.0. The molecule has 0 unspecified atom stereocenters. The zero-order valence-electron chi connectivity index (χ0n) is 16.5. The Labute approximate surface area is 176 Å². The molecule has 0 aliphatic carbocycles. The molecule has 0 atom stereocenters. The second kappa shape index (κ2) is 8.81. The Morgan fingerprint density at radius 1 is 1.03 bits per heavy atom. The minimum atomic E-state index is -3.45. The molecule has 1 aromatic heterocycles. The summed E-state index contributed by atoms with van der Waals surface area (Å²) in [5.74, 6) is 0.0386. The average molecular weight is 425 g/mol. The lowest BCUT2D eigenvalue weighted by Crippen LogP contribution is -2.41. The number of rotatable bonds is 6. The van der Waals surface area contributed by atoms with Crippen LogP contribution in [-0.2, 0) is 10.0 Å². The van der Waals surface area contributed by atoms with Gasteiger partial charge in [-0.1, -0.05) is 48.5 Å². The number of hydrogen-bond donors (Lipinski definition) is 2. The third kappa shape index (κ3) is 4.44. The van der Waals surface area contributed by atoms with Crippen LogP contribution in [0.3, 0.4) is 0 Å². The van der Waals surface area contributed by atoms with Gasteiger partial charge in [-0.3, -0.25) is 9.89 Å². The summed E-state index contributed by atoms with van der Waals surface area (Å²) in [5, 5.41) is 9.94. The molecular weight excluding hydrogens is 400 g/mol. The highest BCUT2D eigenvalue weighted by molar-refractivity contribution is 7.89. The van der Waals surface area contributed by atoms with Gasteiger partial charge in [0.25, 0.3) is 5.91 Å². The summed E-state index contributed by atoms with van der Waals surface area (Å²) < 4.78 is 26.9. The highest BCUT2D eigenvalue weighted by Crippen LogP contribution is 2.23. The Bertz CT molecular complexity index is 1090. The molecule has 2 aromatic carbocycles. The maximum Gasteiger partial charge on any atom is 0.269 e. The van der Waals surface area contributed by atoms with Gasteiger partial charge in [-0.05, 0) is 37.0 Å². The van der Waals surface area contributed by atoms with Crippen LogP contribution in [0.5, 0.6) is 0 Å². The Morgan fingerprint density at radius 2 is 1.67 bits per heavy atom. The first-order chi connectivity index (χ1) is 14.5. The summed E-state index contributed by atoms with van der Waals surface area (Å²) in [4.78, 5) is 12.8. The molecule has 1 aliphatic rings. The van der Waals surface area contributed by atoms with Gasteiger partial charge in [0.1, 0.15) is 5.69 Å². The first-order valence-corrected chi connectivity index (χ1v) is 11.4. The van der Waals surface area contributed by atoms with Crippen molar-refractivity contribution >= 4 is 15.9 Å². The van der Waals surface area contributed by atoms with E-state index in [1.807, 2.05) is 30.3 Å². The van der Waals surface area contributed by atoms with Crippen LogP contribution >= 0.6 is 0 Å². The van der Waals surface area contributed by atoms with E-state index in [2.05, 4.69) is 15.5 Å². The second-order valence-corrected chi connectivity index (χ2v) is 9.34. The second-order valence-electron chi connectivity index (χ2n) is 7.40. The van der Waals surface area contributed by atoms with E-state index >= 15 is 0 Å². The molecule has 1 aliphatic heterocycles. The first-order valence-electron chi connectivity index (χ1n) is 9.98. The molecule has 0 radical (unpaired) electrons. The minimum Gasteiger partial charge on any atom is -0.350 e. The Hall–Kier alpha value is -2.97. The normalized spacial score (nSPS) is 15.7. The highest BCUT2D eigenvalue weighted by atomic mass is 32.2. The fourth-order valence-corrected chi connectivity index (χ4v) is 5.11. The van der Waals surface area contributed by atoms with Crippen LogP contribution in [0.4, 0.5) is 0 Å². The van der Waals surface area contributed by atoms with Crippen molar-refractivity contribution in [2.75, 3.05) is 19.6 Å². The summed E-state index contributed by atoms with van der Waals surface area (Å²) in [6, 6.07) is 19.9. The maximum atomic E-state index is 12.7. The quantitative estimate of drug-likeness (QED) is 0.636. The minimum absolute atomic E-state index is 0.205. The number of nitrogens with one attached hydrogen (secondary N) is 2. The molecule has 2 heterocycles. The van der Waals surface area contributed by atoms with Crippen LogP contribution in [0.25, 0.3) is 11.3 Å². The van der Waals surface area contributed by atoms with E-state index in [0.717, 1.165) is 11.3 Å². The van der Waals surface area contributed by atoms with Crippen molar-refractivity contribution in [3.8, 4) is 11.3 Å². The first kappa shape index (κ1) is 20.3. The number of piperidine rings is 1. The molecule has 7 nitrogen and oxygen atoms in total. The number of carbonyl (C=O) groups is 1. The molecule has 3 aromatic rings. The zero-order valence-corrected chi connectivity index (χ0v) is 17.3. The van der Waals surface area contributed by atoms with Crippen molar-refractivity contribution in [1.29, 1.82) is 0 Å². The Morgan fingerprint density at radius 3 is 2.33 bits per heavy atom. The van der Waals surface area contributed by atoms with Gasteiger partial charge in [0.15, 0.2) is 0 Å². The largest absolute Gasteiger partial charge is 0.350 e. The summed E-state index contributed by atoms with van der Waals surface area (Å²) in [6.45, 7) is 1.43. The number of H-pyrrole nitrogens is 1. The van der Waals surface area contributed by atoms with Crippen LogP contribution in [0, 0.1) is 5.92 Å². The van der Waals surface area contributed by atoms with E-state index in [4.69, 9.17) is 0 Å². The lowest BCUT2D eigenvalue weighted by molar-refractivity contribution is 0.0936. The van der Waals surface area contributed by atoms with E-state index < -0.39 is 10.0 Å². The topological polar surface area (TPSA) is 95.2 Å². The lowest BCUT2D eigenvalue weighted by Gasteiger charge is -2.31. The van der Waals surface area contributed by atoms with Gasteiger partial charge >= 0.3 is 0 Å². The molecule has 1 saturated heterocycles. The van der Waals surface area contributed by atoms with Crippen molar-refractivity contribution < 1.29 is 13.2 Å². The van der Waals surface area contributed by atoms with Gasteiger partial charge in [-0.2, -0.15) is 9.40 Å². The molecule has 1 fully saturated rings. The third-order valence-electron chi connectivity index (χ3n) is 5.40. The van der Waals surface area contributed by atoms with Gasteiger partial charge in [-0.25, -0.2) is 8.42 Å². The van der Waals surface area contributed by atoms with Crippen LogP contribution in [-0.4, -0.2) is 48.5 Å². The van der Waals surface area contributed by atoms with Gasteiger partial charge in [0.2, 0.25) is 10.0 Å². The fourth-order valence-electron chi connectivity index (χ4n) is 3.62. The summed E-state index contributed by atoms with van der Waals surface area (Å²) in [5.41, 5.74) is 2.08. The number of hydrogen-bond acceptors (Lipinski definition) is 4. The Balaban J connectivity index is 1.29. The number of aromatic amines is 1. The van der Waals surface area contributed by atoms with E-state index in [-0.39, 0.29) is 11.8 Å². The van der Waals surface area contributed by atoms with Crippen LogP contribution in [0.15, 0.2) is 71.6 Å². The van der Waals surface area contributed by atoms with Crippen LogP contribution < -0.4 is 5.32 Å². The van der Waals surface area contributed by atoms with Crippen molar-refractivity contribution in [1.82, 2.24) is 19.8 Å². The Kier molecular flexibility index (Phi) is 5.96. The predicted molar refractivity (Wildman–Crippen MR) is 114 cm³/mol. The monoisotopic (exact) mass is 424 g/mol.